The Hall–Kier alpha value is -2.30. The van der Waals surface area contributed by atoms with E-state index in [1.807, 2.05) is 13.1 Å². The van der Waals surface area contributed by atoms with Crippen molar-refractivity contribution in [1.29, 1.82) is 0 Å². The van der Waals surface area contributed by atoms with Gasteiger partial charge in [-0.3, -0.25) is 4.68 Å². The summed E-state index contributed by atoms with van der Waals surface area (Å²) in [5, 5.41) is 8.65. The maximum absolute atomic E-state index is 13.1. The summed E-state index contributed by atoms with van der Waals surface area (Å²) < 4.78 is 40.1. The predicted molar refractivity (Wildman–Crippen MR) is 91.9 cm³/mol. The highest BCUT2D eigenvalue weighted by molar-refractivity contribution is 7.89. The van der Waals surface area contributed by atoms with Crippen LogP contribution in [-0.2, 0) is 21.3 Å². The number of pyridine rings is 1. The monoisotopic (exact) mass is 377 g/mol. The van der Waals surface area contributed by atoms with Gasteiger partial charge in [-0.2, -0.15) is 9.40 Å². The van der Waals surface area contributed by atoms with E-state index in [1.54, 1.807) is 23.9 Å². The number of nitrogens with zero attached hydrogens (tertiary/aromatic N) is 5. The van der Waals surface area contributed by atoms with Gasteiger partial charge in [-0.25, -0.2) is 13.4 Å². The summed E-state index contributed by atoms with van der Waals surface area (Å²) in [6, 6.07) is 1.56. The molecule has 0 saturated carbocycles. The van der Waals surface area contributed by atoms with Crippen LogP contribution in [0.25, 0.3) is 11.1 Å². The standard InChI is InChI=1S/C16H19N5O4S/c1-3-20-9-12(7-18-20)15-10-21(4-5-24-15)26(22,23)13-6-14-11(2)19-25-16(14)17-8-13/h6-9,15H,3-5,10H2,1-2H3. The number of aromatic nitrogens is 4. The Labute approximate surface area is 150 Å². The van der Waals surface area contributed by atoms with Crippen LogP contribution in [-0.4, -0.2) is 52.3 Å². The van der Waals surface area contributed by atoms with E-state index >= 15 is 0 Å². The predicted octanol–water partition coefficient (Wildman–Crippen LogP) is 1.51. The third-order valence-corrected chi connectivity index (χ3v) is 6.33. The molecule has 0 aliphatic carbocycles. The second kappa shape index (κ2) is 6.45. The largest absolute Gasteiger partial charge is 0.371 e. The van der Waals surface area contributed by atoms with Gasteiger partial charge in [0.1, 0.15) is 4.90 Å². The summed E-state index contributed by atoms with van der Waals surface area (Å²) in [4.78, 5) is 4.20. The van der Waals surface area contributed by atoms with Gasteiger partial charge >= 0.3 is 0 Å². The minimum Gasteiger partial charge on any atom is -0.371 e. The zero-order valence-electron chi connectivity index (χ0n) is 14.5. The van der Waals surface area contributed by atoms with Crippen LogP contribution in [0.5, 0.6) is 0 Å². The van der Waals surface area contributed by atoms with Crippen molar-refractivity contribution < 1.29 is 17.7 Å². The van der Waals surface area contributed by atoms with Gasteiger partial charge in [0, 0.05) is 31.4 Å². The van der Waals surface area contributed by atoms with Crippen molar-refractivity contribution in [2.75, 3.05) is 19.7 Å². The number of sulfonamides is 1. The normalized spacial score (nSPS) is 19.2. The number of fused-ring (bicyclic) bond motifs is 1. The molecule has 9 nitrogen and oxygen atoms in total. The minimum absolute atomic E-state index is 0.126. The number of ether oxygens (including phenoxy) is 1. The molecule has 1 atom stereocenters. The summed E-state index contributed by atoms with van der Waals surface area (Å²) in [6.45, 7) is 5.34. The zero-order chi connectivity index (χ0) is 18.3. The lowest BCUT2D eigenvalue weighted by molar-refractivity contribution is -0.00260. The topological polar surface area (TPSA) is 103 Å². The fraction of sp³-hybridized carbons (Fsp3) is 0.438. The SMILES string of the molecule is CCn1cc(C2CN(S(=O)(=O)c3cnc4onc(C)c4c3)CCO2)cn1. The third-order valence-electron chi connectivity index (χ3n) is 4.50. The van der Waals surface area contributed by atoms with E-state index in [9.17, 15) is 8.42 Å². The van der Waals surface area contributed by atoms with E-state index in [0.29, 0.717) is 29.9 Å². The van der Waals surface area contributed by atoms with Crippen LogP contribution in [0.2, 0.25) is 0 Å². The van der Waals surface area contributed by atoms with Crippen LogP contribution in [0.15, 0.2) is 34.1 Å². The van der Waals surface area contributed by atoms with E-state index < -0.39 is 10.0 Å². The molecular weight excluding hydrogens is 358 g/mol. The number of morpholine rings is 1. The minimum atomic E-state index is -3.69. The lowest BCUT2D eigenvalue weighted by Crippen LogP contribution is -2.42. The quantitative estimate of drug-likeness (QED) is 0.679. The Morgan fingerprint density at radius 2 is 2.19 bits per heavy atom. The van der Waals surface area contributed by atoms with Gasteiger partial charge in [0.05, 0.1) is 36.2 Å². The molecule has 138 valence electrons. The van der Waals surface area contributed by atoms with Crippen LogP contribution in [0, 0.1) is 6.92 Å². The van der Waals surface area contributed by atoms with Crippen molar-refractivity contribution in [3.05, 3.63) is 35.9 Å². The van der Waals surface area contributed by atoms with E-state index in [1.165, 1.54) is 10.5 Å². The second-order valence-electron chi connectivity index (χ2n) is 6.14. The molecule has 0 amide bonds. The Bertz CT molecular complexity index is 1040. The van der Waals surface area contributed by atoms with Crippen LogP contribution >= 0.6 is 0 Å². The molecular formula is C16H19N5O4S. The molecule has 0 aromatic carbocycles. The maximum Gasteiger partial charge on any atom is 0.257 e. The lowest BCUT2D eigenvalue weighted by Gasteiger charge is -2.31. The lowest BCUT2D eigenvalue weighted by atomic mass is 10.2. The molecule has 1 unspecified atom stereocenters. The Morgan fingerprint density at radius 3 is 2.96 bits per heavy atom. The van der Waals surface area contributed by atoms with Crippen LogP contribution < -0.4 is 0 Å². The molecule has 4 heterocycles. The zero-order valence-corrected chi connectivity index (χ0v) is 15.3. The van der Waals surface area contributed by atoms with E-state index in [4.69, 9.17) is 9.26 Å². The van der Waals surface area contributed by atoms with E-state index in [0.717, 1.165) is 12.1 Å². The number of aryl methyl sites for hydroxylation is 2. The summed E-state index contributed by atoms with van der Waals surface area (Å²) in [6.07, 6.45) is 4.57. The molecule has 26 heavy (non-hydrogen) atoms. The van der Waals surface area contributed by atoms with Crippen LogP contribution in [0.3, 0.4) is 0 Å². The Morgan fingerprint density at radius 1 is 1.35 bits per heavy atom. The first-order chi connectivity index (χ1) is 12.5. The van der Waals surface area contributed by atoms with Gasteiger partial charge in [0.2, 0.25) is 10.0 Å². The molecule has 10 heteroatoms. The number of rotatable bonds is 4. The smallest absolute Gasteiger partial charge is 0.257 e. The molecule has 1 aliphatic heterocycles. The molecule has 0 bridgehead atoms. The Balaban J connectivity index is 1.62. The highest BCUT2D eigenvalue weighted by Crippen LogP contribution is 2.27. The first kappa shape index (κ1) is 17.1. The first-order valence-corrected chi connectivity index (χ1v) is 9.79. The third kappa shape index (κ3) is 2.89. The van der Waals surface area contributed by atoms with Gasteiger partial charge < -0.3 is 9.26 Å². The van der Waals surface area contributed by atoms with E-state index in [-0.39, 0.29) is 17.5 Å². The maximum atomic E-state index is 13.1. The van der Waals surface area contributed by atoms with Crippen LogP contribution in [0.4, 0.5) is 0 Å². The van der Waals surface area contributed by atoms with Crippen LogP contribution in [0.1, 0.15) is 24.3 Å². The summed E-state index contributed by atoms with van der Waals surface area (Å²) in [5.74, 6) is 0. The van der Waals surface area contributed by atoms with E-state index in [2.05, 4.69) is 15.2 Å². The highest BCUT2D eigenvalue weighted by Gasteiger charge is 2.32. The fourth-order valence-corrected chi connectivity index (χ4v) is 4.38. The average Bonchev–Trinajstić information content (AvgIpc) is 3.29. The molecule has 0 radical (unpaired) electrons. The van der Waals surface area contributed by atoms with Crippen molar-refractivity contribution in [2.45, 2.75) is 31.4 Å². The van der Waals surface area contributed by atoms with Gasteiger partial charge in [0.15, 0.2) is 0 Å². The van der Waals surface area contributed by atoms with Gasteiger partial charge in [-0.15, -0.1) is 0 Å². The molecule has 1 fully saturated rings. The molecule has 1 aliphatic rings. The number of hydrogen-bond acceptors (Lipinski definition) is 7. The summed E-state index contributed by atoms with van der Waals surface area (Å²) in [7, 11) is -3.69. The number of hydrogen-bond donors (Lipinski definition) is 0. The summed E-state index contributed by atoms with van der Waals surface area (Å²) >= 11 is 0. The molecule has 0 spiro atoms. The van der Waals surface area contributed by atoms with Crippen molar-refractivity contribution in [3.8, 4) is 0 Å². The van der Waals surface area contributed by atoms with Crippen molar-refractivity contribution in [3.63, 3.8) is 0 Å². The van der Waals surface area contributed by atoms with Gasteiger partial charge in [-0.05, 0) is 19.9 Å². The Kier molecular flexibility index (Phi) is 4.25. The molecule has 0 N–H and O–H groups in total. The molecule has 3 aromatic heterocycles. The van der Waals surface area contributed by atoms with Crippen molar-refractivity contribution >= 4 is 21.1 Å². The van der Waals surface area contributed by atoms with Crippen molar-refractivity contribution in [2.24, 2.45) is 0 Å². The van der Waals surface area contributed by atoms with Gasteiger partial charge in [0.25, 0.3) is 5.71 Å². The molecule has 1 saturated heterocycles. The summed E-state index contributed by atoms with van der Waals surface area (Å²) in [5.41, 5.74) is 1.81. The first-order valence-electron chi connectivity index (χ1n) is 8.35. The molecule has 3 aromatic rings. The van der Waals surface area contributed by atoms with Gasteiger partial charge in [-0.1, -0.05) is 5.16 Å². The molecule has 4 rings (SSSR count). The fourth-order valence-electron chi connectivity index (χ4n) is 2.98. The van der Waals surface area contributed by atoms with Crippen molar-refractivity contribution in [1.82, 2.24) is 24.2 Å². The second-order valence-corrected chi connectivity index (χ2v) is 8.08. The average molecular weight is 377 g/mol. The highest BCUT2D eigenvalue weighted by atomic mass is 32.2.